The van der Waals surface area contributed by atoms with E-state index in [0.717, 1.165) is 37.2 Å². The first-order chi connectivity index (χ1) is 12.6. The van der Waals surface area contributed by atoms with Crippen molar-refractivity contribution in [2.45, 2.75) is 38.1 Å². The van der Waals surface area contributed by atoms with E-state index in [2.05, 4.69) is 11.2 Å². The van der Waals surface area contributed by atoms with E-state index in [1.165, 1.54) is 23.6 Å². The quantitative estimate of drug-likeness (QED) is 0.832. The minimum absolute atomic E-state index is 0.156. The van der Waals surface area contributed by atoms with Crippen LogP contribution in [0.2, 0.25) is 0 Å². The van der Waals surface area contributed by atoms with Gasteiger partial charge in [-0.3, -0.25) is 9.59 Å². The van der Waals surface area contributed by atoms with E-state index in [1.54, 1.807) is 13.1 Å². The Labute approximate surface area is 153 Å². The van der Waals surface area contributed by atoms with Crippen LogP contribution in [-0.4, -0.2) is 39.7 Å². The van der Waals surface area contributed by atoms with Crippen LogP contribution >= 0.6 is 0 Å². The molecule has 2 aromatic rings. The van der Waals surface area contributed by atoms with Crippen molar-refractivity contribution in [2.24, 2.45) is 7.05 Å². The second kappa shape index (κ2) is 6.94. The first-order valence-corrected chi connectivity index (χ1v) is 9.35. The Morgan fingerprint density at radius 2 is 1.77 bits per heavy atom. The van der Waals surface area contributed by atoms with Crippen LogP contribution in [0.1, 0.15) is 31.2 Å². The number of para-hydroxylation sites is 1. The Kier molecular flexibility index (Phi) is 4.49. The summed E-state index contributed by atoms with van der Waals surface area (Å²) in [7, 11) is 1.64. The summed E-state index contributed by atoms with van der Waals surface area (Å²) in [6.07, 6.45) is 5.21. The fourth-order valence-electron chi connectivity index (χ4n) is 3.99. The maximum Gasteiger partial charge on any atom is 0.266 e. The first-order valence-electron chi connectivity index (χ1n) is 9.35. The highest BCUT2D eigenvalue weighted by Crippen LogP contribution is 2.37. The number of hydrogen-bond donors (Lipinski definition) is 0. The summed E-state index contributed by atoms with van der Waals surface area (Å²) >= 11 is 0. The Balaban J connectivity index is 1.72. The Hall–Kier alpha value is -2.63. The SMILES string of the molecule is Cn1nc(N2c3ccccc3C[C@H]2C(=O)N2CCCCCC2)ccc1=O. The Morgan fingerprint density at radius 1 is 1.04 bits per heavy atom. The lowest BCUT2D eigenvalue weighted by atomic mass is 10.1. The van der Waals surface area contributed by atoms with Gasteiger partial charge in [0, 0.05) is 38.3 Å². The van der Waals surface area contributed by atoms with Gasteiger partial charge in [-0.15, -0.1) is 0 Å². The monoisotopic (exact) mass is 352 g/mol. The number of fused-ring (bicyclic) bond motifs is 1. The van der Waals surface area contributed by atoms with E-state index in [-0.39, 0.29) is 17.5 Å². The average molecular weight is 352 g/mol. The van der Waals surface area contributed by atoms with Gasteiger partial charge in [0.05, 0.1) is 0 Å². The Morgan fingerprint density at radius 3 is 2.50 bits per heavy atom. The van der Waals surface area contributed by atoms with Gasteiger partial charge in [0.25, 0.3) is 5.56 Å². The fourth-order valence-corrected chi connectivity index (χ4v) is 3.99. The van der Waals surface area contributed by atoms with Crippen molar-refractivity contribution in [2.75, 3.05) is 18.0 Å². The molecule has 136 valence electrons. The van der Waals surface area contributed by atoms with Crippen LogP contribution in [0, 0.1) is 0 Å². The largest absolute Gasteiger partial charge is 0.341 e. The number of anilines is 2. The smallest absolute Gasteiger partial charge is 0.266 e. The third-order valence-electron chi connectivity index (χ3n) is 5.37. The molecule has 0 bridgehead atoms. The lowest BCUT2D eigenvalue weighted by molar-refractivity contribution is -0.132. The summed E-state index contributed by atoms with van der Waals surface area (Å²) in [5, 5.41) is 4.41. The highest BCUT2D eigenvalue weighted by Gasteiger charge is 2.38. The van der Waals surface area contributed by atoms with Crippen LogP contribution in [0.5, 0.6) is 0 Å². The number of nitrogens with zero attached hydrogens (tertiary/aromatic N) is 4. The van der Waals surface area contributed by atoms with Crippen LogP contribution in [0.3, 0.4) is 0 Å². The zero-order valence-electron chi connectivity index (χ0n) is 15.1. The number of hydrogen-bond acceptors (Lipinski definition) is 4. The number of carbonyl (C=O) groups excluding carboxylic acids is 1. The third kappa shape index (κ3) is 3.00. The lowest BCUT2D eigenvalue weighted by Crippen LogP contribution is -2.46. The highest BCUT2D eigenvalue weighted by molar-refractivity contribution is 5.91. The normalized spacial score (nSPS) is 20.0. The molecule has 1 aromatic heterocycles. The number of amides is 1. The molecule has 1 aromatic carbocycles. The molecule has 2 aliphatic rings. The maximum absolute atomic E-state index is 13.3. The van der Waals surface area contributed by atoms with Gasteiger partial charge in [0.15, 0.2) is 5.82 Å². The highest BCUT2D eigenvalue weighted by atomic mass is 16.2. The van der Waals surface area contributed by atoms with E-state index in [0.29, 0.717) is 12.2 Å². The molecular weight excluding hydrogens is 328 g/mol. The van der Waals surface area contributed by atoms with Gasteiger partial charge in [0.2, 0.25) is 5.91 Å². The third-order valence-corrected chi connectivity index (χ3v) is 5.37. The molecule has 4 rings (SSSR count). The van der Waals surface area contributed by atoms with Gasteiger partial charge in [-0.2, -0.15) is 5.10 Å². The number of rotatable bonds is 2. The summed E-state index contributed by atoms with van der Waals surface area (Å²) in [4.78, 5) is 29.1. The molecule has 0 spiro atoms. The van der Waals surface area contributed by atoms with Crippen molar-refractivity contribution in [3.8, 4) is 0 Å². The van der Waals surface area contributed by atoms with Crippen molar-refractivity contribution >= 4 is 17.4 Å². The van der Waals surface area contributed by atoms with Crippen LogP contribution in [-0.2, 0) is 18.3 Å². The summed E-state index contributed by atoms with van der Waals surface area (Å²) in [5.74, 6) is 0.809. The van der Waals surface area contributed by atoms with Crippen LogP contribution < -0.4 is 10.5 Å². The maximum atomic E-state index is 13.3. The topological polar surface area (TPSA) is 58.4 Å². The number of aryl methyl sites for hydroxylation is 1. The zero-order chi connectivity index (χ0) is 18.1. The first kappa shape index (κ1) is 16.8. The predicted octanol–water partition coefficient (Wildman–Crippen LogP) is 2.25. The fraction of sp³-hybridized carbons (Fsp3) is 0.450. The molecule has 26 heavy (non-hydrogen) atoms. The number of likely N-dealkylation sites (tertiary alicyclic amines) is 1. The van der Waals surface area contributed by atoms with E-state index in [4.69, 9.17) is 0 Å². The molecule has 3 heterocycles. The number of aromatic nitrogens is 2. The summed E-state index contributed by atoms with van der Waals surface area (Å²) < 4.78 is 1.32. The van der Waals surface area contributed by atoms with Crippen molar-refractivity contribution in [3.05, 3.63) is 52.3 Å². The van der Waals surface area contributed by atoms with Crippen molar-refractivity contribution in [1.29, 1.82) is 0 Å². The van der Waals surface area contributed by atoms with Gasteiger partial charge in [-0.05, 0) is 30.5 Å². The van der Waals surface area contributed by atoms with E-state index < -0.39 is 0 Å². The molecule has 1 fully saturated rings. The van der Waals surface area contributed by atoms with Crippen molar-refractivity contribution in [1.82, 2.24) is 14.7 Å². The molecule has 1 atom stereocenters. The lowest BCUT2D eigenvalue weighted by Gasteiger charge is -2.30. The number of benzene rings is 1. The zero-order valence-corrected chi connectivity index (χ0v) is 15.1. The number of carbonyl (C=O) groups is 1. The molecule has 0 saturated carbocycles. The van der Waals surface area contributed by atoms with Gasteiger partial charge in [0.1, 0.15) is 6.04 Å². The van der Waals surface area contributed by atoms with Crippen LogP contribution in [0.15, 0.2) is 41.2 Å². The molecule has 0 unspecified atom stereocenters. The summed E-state index contributed by atoms with van der Waals surface area (Å²) in [6.45, 7) is 1.67. The molecule has 0 radical (unpaired) electrons. The molecule has 0 aliphatic carbocycles. The van der Waals surface area contributed by atoms with Crippen LogP contribution in [0.4, 0.5) is 11.5 Å². The van der Waals surface area contributed by atoms with Gasteiger partial charge in [-0.25, -0.2) is 4.68 Å². The minimum atomic E-state index is -0.296. The molecule has 2 aliphatic heterocycles. The molecule has 1 amide bonds. The average Bonchev–Trinajstić information content (AvgIpc) is 2.83. The second-order valence-electron chi connectivity index (χ2n) is 7.11. The van der Waals surface area contributed by atoms with Crippen LogP contribution in [0.25, 0.3) is 0 Å². The predicted molar refractivity (Wildman–Crippen MR) is 101 cm³/mol. The van der Waals surface area contributed by atoms with Crippen molar-refractivity contribution in [3.63, 3.8) is 0 Å². The molecule has 6 nitrogen and oxygen atoms in total. The van der Waals surface area contributed by atoms with Crippen molar-refractivity contribution < 1.29 is 4.79 Å². The molecular formula is C20H24N4O2. The van der Waals surface area contributed by atoms with E-state index in [9.17, 15) is 9.59 Å². The van der Waals surface area contributed by atoms with E-state index >= 15 is 0 Å². The summed E-state index contributed by atoms with van der Waals surface area (Å²) in [6, 6.07) is 11.0. The molecule has 6 heteroatoms. The molecule has 0 N–H and O–H groups in total. The van der Waals surface area contributed by atoms with E-state index in [1.807, 2.05) is 28.0 Å². The Bertz CT molecular complexity index is 868. The standard InChI is InChI=1S/C20H24N4O2/c1-22-19(25)11-10-18(21-22)24-16-9-5-4-8-15(16)14-17(24)20(26)23-12-6-2-3-7-13-23/h4-5,8-11,17H,2-3,6-7,12-14H2,1H3/t17-/m0/s1. The van der Waals surface area contributed by atoms with Gasteiger partial charge in [-0.1, -0.05) is 31.0 Å². The van der Waals surface area contributed by atoms with Gasteiger partial charge >= 0.3 is 0 Å². The van der Waals surface area contributed by atoms with Gasteiger partial charge < -0.3 is 9.80 Å². The summed E-state index contributed by atoms with van der Waals surface area (Å²) in [5.41, 5.74) is 2.00. The molecule has 1 saturated heterocycles. The minimum Gasteiger partial charge on any atom is -0.341 e. The second-order valence-corrected chi connectivity index (χ2v) is 7.11.